The van der Waals surface area contributed by atoms with E-state index in [1.807, 2.05) is 48.5 Å². The lowest BCUT2D eigenvalue weighted by Gasteiger charge is -2.33. The third-order valence-corrected chi connectivity index (χ3v) is 8.34. The highest BCUT2D eigenvalue weighted by atomic mass is 35.5. The summed E-state index contributed by atoms with van der Waals surface area (Å²) in [6, 6.07) is 30.5. The van der Waals surface area contributed by atoms with E-state index in [9.17, 15) is 4.79 Å². The first-order valence-electron chi connectivity index (χ1n) is 13.7. The fraction of sp³-hybridized carbons (Fsp3) is 0.212. The molecule has 0 spiro atoms. The molecule has 2 heterocycles. The second-order valence-corrected chi connectivity index (χ2v) is 11.3. The SMILES string of the molecule is NC(=O)COc1ccc(N2CCC(c3[nH]nc4ccc(C(c5ccc(Cl)cc5)c5ccc(Cl)cc5)cc34)CC2)cc1. The number of nitrogens with one attached hydrogen (secondary N) is 1. The molecule has 1 aliphatic rings. The minimum absolute atomic E-state index is 0.0356. The molecule has 1 aromatic heterocycles. The highest BCUT2D eigenvalue weighted by Gasteiger charge is 2.25. The van der Waals surface area contributed by atoms with E-state index >= 15 is 0 Å². The van der Waals surface area contributed by atoms with Crippen molar-refractivity contribution in [2.45, 2.75) is 24.7 Å². The molecule has 6 nitrogen and oxygen atoms in total. The van der Waals surface area contributed by atoms with Crippen molar-refractivity contribution in [3.8, 4) is 5.75 Å². The zero-order valence-corrected chi connectivity index (χ0v) is 23.9. The van der Waals surface area contributed by atoms with Crippen LogP contribution in [0.1, 0.15) is 47.1 Å². The van der Waals surface area contributed by atoms with Gasteiger partial charge in [0.05, 0.1) is 5.52 Å². The average molecular weight is 586 g/mol. The van der Waals surface area contributed by atoms with Gasteiger partial charge < -0.3 is 15.4 Å². The Labute approximate surface area is 249 Å². The molecular formula is C33H30Cl2N4O2. The van der Waals surface area contributed by atoms with Gasteiger partial charge in [0.2, 0.25) is 0 Å². The van der Waals surface area contributed by atoms with Gasteiger partial charge in [-0.2, -0.15) is 5.10 Å². The van der Waals surface area contributed by atoms with Crippen LogP contribution in [0.2, 0.25) is 10.0 Å². The molecule has 1 saturated heterocycles. The van der Waals surface area contributed by atoms with Gasteiger partial charge in [0.1, 0.15) is 5.75 Å². The summed E-state index contributed by atoms with van der Waals surface area (Å²) in [5.74, 6) is 0.570. The Morgan fingerprint density at radius 3 is 2.05 bits per heavy atom. The third kappa shape index (κ3) is 6.04. The smallest absolute Gasteiger partial charge is 0.255 e. The van der Waals surface area contributed by atoms with E-state index in [2.05, 4.69) is 57.6 Å². The standard InChI is InChI=1S/C33H30Cl2N4O2/c34-25-6-1-21(2-7-25)32(22-3-8-26(35)9-4-22)24-5-14-30-29(19-24)33(38-37-30)23-15-17-39(18-16-23)27-10-12-28(13-11-27)41-20-31(36)40/h1-14,19,23,32H,15-18,20H2,(H2,36,40)(H,37,38). The molecule has 0 atom stereocenters. The number of carbonyl (C=O) groups excluding carboxylic acids is 1. The quantitative estimate of drug-likeness (QED) is 0.187. The monoisotopic (exact) mass is 584 g/mol. The van der Waals surface area contributed by atoms with Gasteiger partial charge in [0.25, 0.3) is 5.91 Å². The van der Waals surface area contributed by atoms with E-state index in [0.717, 1.165) is 47.2 Å². The minimum atomic E-state index is -0.486. The van der Waals surface area contributed by atoms with Gasteiger partial charge in [0.15, 0.2) is 6.61 Å². The van der Waals surface area contributed by atoms with Crippen LogP contribution in [-0.4, -0.2) is 35.8 Å². The van der Waals surface area contributed by atoms with Crippen LogP contribution in [0.25, 0.3) is 10.9 Å². The molecule has 0 unspecified atom stereocenters. The van der Waals surface area contributed by atoms with E-state index in [1.165, 1.54) is 27.8 Å². The maximum atomic E-state index is 11.0. The number of anilines is 1. The number of nitrogens with zero attached hydrogens (tertiary/aromatic N) is 2. The molecule has 208 valence electrons. The number of aromatic amines is 1. The number of carbonyl (C=O) groups is 1. The van der Waals surface area contributed by atoms with E-state index in [0.29, 0.717) is 11.7 Å². The topological polar surface area (TPSA) is 84.2 Å². The average Bonchev–Trinajstić information content (AvgIpc) is 3.42. The van der Waals surface area contributed by atoms with Crippen LogP contribution < -0.4 is 15.4 Å². The molecule has 3 N–H and O–H groups in total. The molecule has 0 saturated carbocycles. The molecule has 0 bridgehead atoms. The van der Waals surface area contributed by atoms with Crippen molar-refractivity contribution in [1.82, 2.24) is 10.2 Å². The number of piperidine rings is 1. The summed E-state index contributed by atoms with van der Waals surface area (Å²) in [6.45, 7) is 1.75. The first-order valence-corrected chi connectivity index (χ1v) is 14.4. The van der Waals surface area contributed by atoms with Crippen molar-refractivity contribution < 1.29 is 9.53 Å². The van der Waals surface area contributed by atoms with Crippen LogP contribution in [0, 0.1) is 0 Å². The minimum Gasteiger partial charge on any atom is -0.484 e. The van der Waals surface area contributed by atoms with Gasteiger partial charge in [-0.15, -0.1) is 0 Å². The molecule has 1 fully saturated rings. The number of aromatic nitrogens is 2. The van der Waals surface area contributed by atoms with Crippen LogP contribution in [0.3, 0.4) is 0 Å². The van der Waals surface area contributed by atoms with Crippen molar-refractivity contribution in [2.24, 2.45) is 5.73 Å². The lowest BCUT2D eigenvalue weighted by Crippen LogP contribution is -2.33. The Morgan fingerprint density at radius 1 is 0.878 bits per heavy atom. The fourth-order valence-corrected chi connectivity index (χ4v) is 6.01. The Hall–Kier alpha value is -4.00. The maximum absolute atomic E-state index is 11.0. The normalized spacial score (nSPS) is 14.1. The van der Waals surface area contributed by atoms with Crippen molar-refractivity contribution in [3.05, 3.63) is 123 Å². The number of amides is 1. The first-order chi connectivity index (χ1) is 19.9. The molecule has 4 aromatic carbocycles. The van der Waals surface area contributed by atoms with Gasteiger partial charge in [-0.1, -0.05) is 53.5 Å². The van der Waals surface area contributed by atoms with E-state index in [1.54, 1.807) is 0 Å². The Balaban J connectivity index is 1.23. The van der Waals surface area contributed by atoms with Crippen molar-refractivity contribution in [3.63, 3.8) is 0 Å². The molecule has 5 aromatic rings. The van der Waals surface area contributed by atoms with Gasteiger partial charge >= 0.3 is 0 Å². The molecule has 1 aliphatic heterocycles. The van der Waals surface area contributed by atoms with Crippen LogP contribution in [0.4, 0.5) is 5.69 Å². The summed E-state index contributed by atoms with van der Waals surface area (Å²) in [5, 5.41) is 10.6. The van der Waals surface area contributed by atoms with Crippen molar-refractivity contribution in [1.29, 1.82) is 0 Å². The second-order valence-electron chi connectivity index (χ2n) is 10.5. The van der Waals surface area contributed by atoms with Crippen LogP contribution >= 0.6 is 23.2 Å². The van der Waals surface area contributed by atoms with Crippen LogP contribution in [-0.2, 0) is 4.79 Å². The Kier molecular flexibility index (Phi) is 7.86. The lowest BCUT2D eigenvalue weighted by atomic mass is 9.84. The third-order valence-electron chi connectivity index (χ3n) is 7.83. The molecule has 1 amide bonds. The summed E-state index contributed by atoms with van der Waals surface area (Å²) < 4.78 is 5.39. The highest BCUT2D eigenvalue weighted by Crippen LogP contribution is 2.38. The van der Waals surface area contributed by atoms with Crippen molar-refractivity contribution >= 4 is 45.7 Å². The summed E-state index contributed by atoms with van der Waals surface area (Å²) in [6.07, 6.45) is 2.03. The number of primary amides is 1. The number of hydrogen-bond donors (Lipinski definition) is 2. The number of ether oxygens (including phenoxy) is 1. The molecule has 6 rings (SSSR count). The zero-order valence-electron chi connectivity index (χ0n) is 22.4. The molecule has 8 heteroatoms. The predicted octanol–water partition coefficient (Wildman–Crippen LogP) is 7.30. The lowest BCUT2D eigenvalue weighted by molar-refractivity contribution is -0.119. The number of nitrogens with two attached hydrogens (primary N) is 1. The molecule has 41 heavy (non-hydrogen) atoms. The number of halogens is 2. The summed E-state index contributed by atoms with van der Waals surface area (Å²) in [5.41, 5.74) is 12.0. The van der Waals surface area contributed by atoms with Crippen molar-refractivity contribution in [2.75, 3.05) is 24.6 Å². The zero-order chi connectivity index (χ0) is 28.3. The van der Waals surface area contributed by atoms with E-state index in [-0.39, 0.29) is 12.5 Å². The first kappa shape index (κ1) is 27.2. The van der Waals surface area contributed by atoms with Gasteiger partial charge in [-0.05, 0) is 90.2 Å². The van der Waals surface area contributed by atoms with Gasteiger partial charge in [-0.3, -0.25) is 9.89 Å². The Morgan fingerprint density at radius 2 is 1.46 bits per heavy atom. The van der Waals surface area contributed by atoms with Gasteiger partial charge in [-0.25, -0.2) is 0 Å². The molecule has 0 radical (unpaired) electrons. The van der Waals surface area contributed by atoms with Gasteiger partial charge in [0, 0.05) is 51.7 Å². The fourth-order valence-electron chi connectivity index (χ4n) is 5.76. The van der Waals surface area contributed by atoms with E-state index in [4.69, 9.17) is 33.7 Å². The Bertz CT molecular complexity index is 1600. The number of rotatable bonds is 8. The summed E-state index contributed by atoms with van der Waals surface area (Å²) in [7, 11) is 0. The number of fused-ring (bicyclic) bond motifs is 1. The highest BCUT2D eigenvalue weighted by molar-refractivity contribution is 6.30. The van der Waals surface area contributed by atoms with E-state index < -0.39 is 5.91 Å². The number of benzene rings is 4. The number of H-pyrrole nitrogens is 1. The largest absolute Gasteiger partial charge is 0.484 e. The van der Waals surface area contributed by atoms with Crippen LogP contribution in [0.15, 0.2) is 91.0 Å². The number of hydrogen-bond acceptors (Lipinski definition) is 4. The predicted molar refractivity (Wildman–Crippen MR) is 165 cm³/mol. The molecule has 0 aliphatic carbocycles. The summed E-state index contributed by atoms with van der Waals surface area (Å²) in [4.78, 5) is 13.4. The summed E-state index contributed by atoms with van der Waals surface area (Å²) >= 11 is 12.4. The second kappa shape index (κ2) is 11.9. The maximum Gasteiger partial charge on any atom is 0.255 e. The molecular weight excluding hydrogens is 555 g/mol. The van der Waals surface area contributed by atoms with Crippen LogP contribution in [0.5, 0.6) is 5.75 Å².